The van der Waals surface area contributed by atoms with Crippen LogP contribution in [0.1, 0.15) is 23.4 Å². The van der Waals surface area contributed by atoms with Crippen molar-refractivity contribution in [1.82, 2.24) is 14.7 Å². The summed E-state index contributed by atoms with van der Waals surface area (Å²) in [5.74, 6) is -0.638. The highest BCUT2D eigenvalue weighted by Crippen LogP contribution is 2.38. The van der Waals surface area contributed by atoms with Gasteiger partial charge in [-0.25, -0.2) is 0 Å². The number of aromatic nitrogens is 2. The van der Waals surface area contributed by atoms with Crippen molar-refractivity contribution < 1.29 is 14.7 Å². The number of carbonyl (C=O) groups is 2. The highest BCUT2D eigenvalue weighted by Gasteiger charge is 2.33. The number of aliphatic carboxylic acids is 1. The molecule has 1 atom stereocenters. The van der Waals surface area contributed by atoms with E-state index < -0.39 is 5.97 Å². The molecule has 2 aliphatic rings. The Labute approximate surface area is 149 Å². The molecule has 7 heteroatoms. The Bertz CT molecular complexity index is 808. The second-order valence-electron chi connectivity index (χ2n) is 6.42. The van der Waals surface area contributed by atoms with Crippen LogP contribution in [0.25, 0.3) is 0 Å². The SMILES string of the molecule is O=C(O)CCc1cc2n(n1)CCN(C(=O)[C@@H]1Cc3ccccc3S1)C2. The van der Waals surface area contributed by atoms with E-state index in [1.165, 1.54) is 10.5 Å². The maximum atomic E-state index is 12.9. The van der Waals surface area contributed by atoms with Crippen molar-refractivity contribution in [3.05, 3.63) is 47.3 Å². The van der Waals surface area contributed by atoms with Gasteiger partial charge in [-0.1, -0.05) is 18.2 Å². The molecule has 0 unspecified atom stereocenters. The van der Waals surface area contributed by atoms with E-state index in [9.17, 15) is 9.59 Å². The van der Waals surface area contributed by atoms with Crippen molar-refractivity contribution in [2.75, 3.05) is 6.54 Å². The lowest BCUT2D eigenvalue weighted by Crippen LogP contribution is -2.42. The summed E-state index contributed by atoms with van der Waals surface area (Å²) in [5, 5.41) is 13.2. The minimum Gasteiger partial charge on any atom is -0.481 e. The Hall–Kier alpha value is -2.28. The van der Waals surface area contributed by atoms with Gasteiger partial charge in [0.05, 0.1) is 36.1 Å². The molecule has 0 aliphatic carbocycles. The molecule has 6 nitrogen and oxygen atoms in total. The highest BCUT2D eigenvalue weighted by atomic mass is 32.2. The third-order valence-corrected chi connectivity index (χ3v) is 5.98. The smallest absolute Gasteiger partial charge is 0.303 e. The molecule has 25 heavy (non-hydrogen) atoms. The van der Waals surface area contributed by atoms with E-state index in [4.69, 9.17) is 5.11 Å². The van der Waals surface area contributed by atoms with E-state index in [1.807, 2.05) is 27.8 Å². The molecule has 1 aromatic carbocycles. The zero-order valence-electron chi connectivity index (χ0n) is 13.7. The van der Waals surface area contributed by atoms with Gasteiger partial charge >= 0.3 is 5.97 Å². The number of carbonyl (C=O) groups excluding carboxylic acids is 1. The minimum absolute atomic E-state index is 0.0432. The summed E-state index contributed by atoms with van der Waals surface area (Å²) >= 11 is 1.66. The molecule has 0 saturated heterocycles. The van der Waals surface area contributed by atoms with Crippen molar-refractivity contribution in [3.8, 4) is 0 Å². The van der Waals surface area contributed by atoms with Gasteiger partial charge in [-0.3, -0.25) is 14.3 Å². The molecular weight excluding hydrogens is 338 g/mol. The van der Waals surface area contributed by atoms with Crippen molar-refractivity contribution in [1.29, 1.82) is 0 Å². The van der Waals surface area contributed by atoms with Gasteiger partial charge in [-0.05, 0) is 24.1 Å². The lowest BCUT2D eigenvalue weighted by atomic mass is 10.1. The van der Waals surface area contributed by atoms with Gasteiger partial charge in [-0.2, -0.15) is 5.10 Å². The summed E-state index contributed by atoms with van der Waals surface area (Å²) in [5.41, 5.74) is 3.03. The van der Waals surface area contributed by atoms with E-state index in [2.05, 4.69) is 17.2 Å². The predicted molar refractivity (Wildman–Crippen MR) is 93.4 cm³/mol. The molecule has 4 rings (SSSR count). The standard InChI is InChI=1S/C18H19N3O3S/c22-17(23)6-5-13-10-14-11-20(7-8-21(14)19-13)18(24)16-9-12-3-1-2-4-15(12)25-16/h1-4,10,16H,5-9,11H2,(H,22,23)/t16-/m0/s1. The minimum atomic E-state index is -0.819. The molecular formula is C18H19N3O3S. The number of hydrogen-bond donors (Lipinski definition) is 1. The fraction of sp³-hybridized carbons (Fsp3) is 0.389. The Morgan fingerprint density at radius 3 is 2.92 bits per heavy atom. The summed E-state index contributed by atoms with van der Waals surface area (Å²) in [6, 6.07) is 10.1. The molecule has 3 heterocycles. The van der Waals surface area contributed by atoms with Crippen LogP contribution >= 0.6 is 11.8 Å². The first-order valence-electron chi connectivity index (χ1n) is 8.41. The summed E-state index contributed by atoms with van der Waals surface area (Å²) in [6.45, 7) is 1.87. The van der Waals surface area contributed by atoms with Crippen LogP contribution in [0.3, 0.4) is 0 Å². The van der Waals surface area contributed by atoms with Crippen LogP contribution in [0.5, 0.6) is 0 Å². The maximum absolute atomic E-state index is 12.9. The van der Waals surface area contributed by atoms with Crippen LogP contribution in [0.2, 0.25) is 0 Å². The Kier molecular flexibility index (Phi) is 4.25. The monoisotopic (exact) mass is 357 g/mol. The third-order valence-electron chi connectivity index (χ3n) is 4.68. The zero-order valence-corrected chi connectivity index (χ0v) is 14.5. The lowest BCUT2D eigenvalue weighted by Gasteiger charge is -2.29. The molecule has 1 amide bonds. The summed E-state index contributed by atoms with van der Waals surface area (Å²) in [6.07, 6.45) is 1.30. The number of aryl methyl sites for hydroxylation is 1. The Morgan fingerprint density at radius 1 is 1.28 bits per heavy atom. The van der Waals surface area contributed by atoms with E-state index in [-0.39, 0.29) is 17.6 Å². The van der Waals surface area contributed by atoms with Crippen LogP contribution in [0, 0.1) is 0 Å². The molecule has 0 spiro atoms. The van der Waals surface area contributed by atoms with Crippen molar-refractivity contribution >= 4 is 23.6 Å². The number of carboxylic acid groups (broad SMARTS) is 1. The molecule has 1 N–H and O–H groups in total. The number of carboxylic acids is 1. The average Bonchev–Trinajstić information content (AvgIpc) is 3.22. The summed E-state index contributed by atoms with van der Waals surface area (Å²) in [4.78, 5) is 26.7. The zero-order chi connectivity index (χ0) is 17.4. The van der Waals surface area contributed by atoms with E-state index in [0.29, 0.717) is 26.1 Å². The third kappa shape index (κ3) is 3.28. The van der Waals surface area contributed by atoms with Crippen LogP contribution < -0.4 is 0 Å². The van der Waals surface area contributed by atoms with Crippen molar-refractivity contribution in [2.45, 2.75) is 42.5 Å². The summed E-state index contributed by atoms with van der Waals surface area (Å²) < 4.78 is 1.90. The van der Waals surface area contributed by atoms with E-state index in [1.54, 1.807) is 11.8 Å². The van der Waals surface area contributed by atoms with Crippen molar-refractivity contribution in [3.63, 3.8) is 0 Å². The number of benzene rings is 1. The van der Waals surface area contributed by atoms with Gasteiger partial charge in [0.25, 0.3) is 0 Å². The molecule has 2 aliphatic heterocycles. The normalized spacial score (nSPS) is 18.7. The molecule has 2 aromatic rings. The van der Waals surface area contributed by atoms with Gasteiger partial charge in [-0.15, -0.1) is 11.8 Å². The molecule has 0 saturated carbocycles. The first-order chi connectivity index (χ1) is 12.1. The van der Waals surface area contributed by atoms with Crippen LogP contribution in [0.15, 0.2) is 35.2 Å². The van der Waals surface area contributed by atoms with Gasteiger partial charge in [0.15, 0.2) is 0 Å². The predicted octanol–water partition coefficient (Wildman–Crippen LogP) is 1.96. The quantitative estimate of drug-likeness (QED) is 0.905. The van der Waals surface area contributed by atoms with Crippen LogP contribution in [0.4, 0.5) is 0 Å². The molecule has 130 valence electrons. The van der Waals surface area contributed by atoms with Crippen LogP contribution in [-0.4, -0.2) is 43.5 Å². The topological polar surface area (TPSA) is 75.4 Å². The number of rotatable bonds is 4. The van der Waals surface area contributed by atoms with E-state index >= 15 is 0 Å². The first kappa shape index (κ1) is 16.2. The van der Waals surface area contributed by atoms with Crippen LogP contribution in [-0.2, 0) is 35.5 Å². The van der Waals surface area contributed by atoms with Gasteiger partial charge in [0.1, 0.15) is 0 Å². The van der Waals surface area contributed by atoms with Gasteiger partial charge in [0.2, 0.25) is 5.91 Å². The average molecular weight is 357 g/mol. The first-order valence-corrected chi connectivity index (χ1v) is 9.29. The number of thioether (sulfide) groups is 1. The van der Waals surface area contributed by atoms with Crippen molar-refractivity contribution in [2.24, 2.45) is 0 Å². The maximum Gasteiger partial charge on any atom is 0.303 e. The fourth-order valence-corrected chi connectivity index (χ4v) is 4.67. The highest BCUT2D eigenvalue weighted by molar-refractivity contribution is 8.01. The number of hydrogen-bond acceptors (Lipinski definition) is 4. The largest absolute Gasteiger partial charge is 0.481 e. The molecule has 0 fully saturated rings. The summed E-state index contributed by atoms with van der Waals surface area (Å²) in [7, 11) is 0. The Morgan fingerprint density at radius 2 is 2.12 bits per heavy atom. The lowest BCUT2D eigenvalue weighted by molar-refractivity contribution is -0.137. The van der Waals surface area contributed by atoms with E-state index in [0.717, 1.165) is 17.8 Å². The number of nitrogens with zero attached hydrogens (tertiary/aromatic N) is 3. The molecule has 0 bridgehead atoms. The number of amides is 1. The van der Waals surface area contributed by atoms with Gasteiger partial charge in [0, 0.05) is 17.9 Å². The van der Waals surface area contributed by atoms with Gasteiger partial charge < -0.3 is 10.0 Å². The second kappa shape index (κ2) is 6.55. The molecule has 0 radical (unpaired) electrons. The Balaban J connectivity index is 1.42. The fourth-order valence-electron chi connectivity index (χ4n) is 3.39. The molecule has 1 aromatic heterocycles. The second-order valence-corrected chi connectivity index (χ2v) is 7.67. The number of fused-ring (bicyclic) bond motifs is 2.